The summed E-state index contributed by atoms with van der Waals surface area (Å²) >= 11 is 0. The fourth-order valence-corrected chi connectivity index (χ4v) is 2.10. The highest BCUT2D eigenvalue weighted by molar-refractivity contribution is 5.99. The third kappa shape index (κ3) is 4.47. The first kappa shape index (κ1) is 15.8. The van der Waals surface area contributed by atoms with Crippen molar-refractivity contribution in [2.24, 2.45) is 0 Å². The van der Waals surface area contributed by atoms with Gasteiger partial charge in [0.15, 0.2) is 6.10 Å². The fraction of sp³-hybridized carbons (Fsp3) is 0.400. The number of ether oxygens (including phenoxy) is 1. The maximum absolute atomic E-state index is 11.9. The van der Waals surface area contributed by atoms with Gasteiger partial charge in [0, 0.05) is 13.0 Å². The number of para-hydroxylation sites is 2. The summed E-state index contributed by atoms with van der Waals surface area (Å²) in [6, 6.07) is 7.03. The number of rotatable bonds is 7. The van der Waals surface area contributed by atoms with Gasteiger partial charge in [-0.3, -0.25) is 14.4 Å². The predicted octanol–water partition coefficient (Wildman–Crippen LogP) is 1.15. The van der Waals surface area contributed by atoms with Crippen LogP contribution in [0, 0.1) is 0 Å². The van der Waals surface area contributed by atoms with Gasteiger partial charge in [0.2, 0.25) is 5.91 Å². The van der Waals surface area contributed by atoms with Gasteiger partial charge in [-0.05, 0) is 25.0 Å². The lowest BCUT2D eigenvalue weighted by atomic mass is 10.1. The number of carboxylic acid groups (broad SMARTS) is 1. The summed E-state index contributed by atoms with van der Waals surface area (Å²) < 4.78 is 5.52. The van der Waals surface area contributed by atoms with Crippen LogP contribution in [0.15, 0.2) is 24.3 Å². The molecule has 7 heteroatoms. The van der Waals surface area contributed by atoms with Crippen LogP contribution in [0.3, 0.4) is 0 Å². The topological polar surface area (TPSA) is 105 Å². The molecule has 0 saturated carbocycles. The Balaban J connectivity index is 1.75. The van der Waals surface area contributed by atoms with E-state index in [0.29, 0.717) is 30.8 Å². The molecule has 1 aliphatic rings. The number of hydrogen-bond donors (Lipinski definition) is 3. The number of anilines is 1. The molecule has 22 heavy (non-hydrogen) atoms. The zero-order valence-electron chi connectivity index (χ0n) is 12.0. The summed E-state index contributed by atoms with van der Waals surface area (Å²) in [5.74, 6) is -0.951. The third-order valence-electron chi connectivity index (χ3n) is 3.22. The lowest BCUT2D eigenvalue weighted by molar-refractivity contribution is -0.137. The number of amides is 2. The first-order valence-corrected chi connectivity index (χ1v) is 7.11. The number of unbranched alkanes of at least 4 members (excludes halogenated alkanes) is 1. The molecule has 2 amide bonds. The highest BCUT2D eigenvalue weighted by Crippen LogP contribution is 2.29. The lowest BCUT2D eigenvalue weighted by Gasteiger charge is -2.25. The minimum Gasteiger partial charge on any atom is -0.481 e. The largest absolute Gasteiger partial charge is 0.481 e. The standard InChI is InChI=1S/C15H18N2O5/c18-13(16-8-4-3-7-14(19)20)9-12-15(21)17-10-5-1-2-6-11(10)22-12/h1-2,5-6,12H,3-4,7-9H2,(H,16,18)(H,17,21)(H,19,20). The average Bonchev–Trinajstić information content (AvgIpc) is 2.47. The van der Waals surface area contributed by atoms with Crippen molar-refractivity contribution < 1.29 is 24.2 Å². The van der Waals surface area contributed by atoms with Gasteiger partial charge in [0.1, 0.15) is 5.75 Å². The molecular formula is C15H18N2O5. The first-order chi connectivity index (χ1) is 10.6. The smallest absolute Gasteiger partial charge is 0.303 e. The van der Waals surface area contributed by atoms with Crippen LogP contribution in [0.1, 0.15) is 25.7 Å². The Labute approximate surface area is 127 Å². The Morgan fingerprint density at radius 1 is 1.27 bits per heavy atom. The van der Waals surface area contributed by atoms with Crippen LogP contribution in [-0.2, 0) is 14.4 Å². The molecule has 0 spiro atoms. The van der Waals surface area contributed by atoms with Gasteiger partial charge in [-0.2, -0.15) is 0 Å². The second-order valence-electron chi connectivity index (χ2n) is 5.00. The molecule has 118 valence electrons. The number of aliphatic carboxylic acids is 1. The molecule has 1 aliphatic heterocycles. The molecule has 1 aromatic carbocycles. The highest BCUT2D eigenvalue weighted by atomic mass is 16.5. The van der Waals surface area contributed by atoms with Crippen molar-refractivity contribution in [2.45, 2.75) is 31.8 Å². The molecule has 1 atom stereocenters. The van der Waals surface area contributed by atoms with E-state index in [1.807, 2.05) is 0 Å². The molecule has 0 aromatic heterocycles. The molecule has 0 aliphatic carbocycles. The van der Waals surface area contributed by atoms with Gasteiger partial charge >= 0.3 is 5.97 Å². The van der Waals surface area contributed by atoms with Crippen LogP contribution in [0.5, 0.6) is 5.75 Å². The summed E-state index contributed by atoms with van der Waals surface area (Å²) in [5, 5.41) is 13.9. The average molecular weight is 306 g/mol. The van der Waals surface area contributed by atoms with E-state index in [2.05, 4.69) is 10.6 Å². The van der Waals surface area contributed by atoms with Gasteiger partial charge in [0.05, 0.1) is 12.1 Å². The van der Waals surface area contributed by atoms with Crippen molar-refractivity contribution in [1.82, 2.24) is 5.32 Å². The third-order valence-corrected chi connectivity index (χ3v) is 3.22. The second kappa shape index (κ2) is 7.44. The Bertz CT molecular complexity index is 573. The van der Waals surface area contributed by atoms with Gasteiger partial charge in [-0.1, -0.05) is 12.1 Å². The zero-order chi connectivity index (χ0) is 15.9. The molecular weight excluding hydrogens is 288 g/mol. The molecule has 0 fully saturated rings. The Morgan fingerprint density at radius 2 is 2.05 bits per heavy atom. The molecule has 0 bridgehead atoms. The van der Waals surface area contributed by atoms with Crippen LogP contribution < -0.4 is 15.4 Å². The van der Waals surface area contributed by atoms with Crippen LogP contribution in [0.4, 0.5) is 5.69 Å². The van der Waals surface area contributed by atoms with Crippen molar-refractivity contribution in [1.29, 1.82) is 0 Å². The number of carboxylic acids is 1. The molecule has 0 saturated heterocycles. The first-order valence-electron chi connectivity index (χ1n) is 7.11. The van der Waals surface area contributed by atoms with Gasteiger partial charge in [-0.15, -0.1) is 0 Å². The Kier molecular flexibility index (Phi) is 5.35. The zero-order valence-corrected chi connectivity index (χ0v) is 12.0. The van der Waals surface area contributed by atoms with Crippen molar-refractivity contribution in [3.05, 3.63) is 24.3 Å². The summed E-state index contributed by atoms with van der Waals surface area (Å²) in [6.07, 6.45) is 0.246. The van der Waals surface area contributed by atoms with E-state index in [1.165, 1.54) is 0 Å². The van der Waals surface area contributed by atoms with Crippen molar-refractivity contribution in [3.63, 3.8) is 0 Å². The number of carbonyl (C=O) groups is 3. The van der Waals surface area contributed by atoms with E-state index in [9.17, 15) is 14.4 Å². The van der Waals surface area contributed by atoms with E-state index in [-0.39, 0.29) is 24.7 Å². The number of nitrogens with one attached hydrogen (secondary N) is 2. The molecule has 7 nitrogen and oxygen atoms in total. The Morgan fingerprint density at radius 3 is 2.82 bits per heavy atom. The van der Waals surface area contributed by atoms with Crippen LogP contribution in [0.2, 0.25) is 0 Å². The van der Waals surface area contributed by atoms with E-state index in [0.717, 1.165) is 0 Å². The van der Waals surface area contributed by atoms with Gasteiger partial charge < -0.3 is 20.5 Å². The monoisotopic (exact) mass is 306 g/mol. The number of hydrogen-bond acceptors (Lipinski definition) is 4. The summed E-state index contributed by atoms with van der Waals surface area (Å²) in [5.41, 5.74) is 0.595. The SMILES string of the molecule is O=C(O)CCCCNC(=O)CC1Oc2ccccc2NC1=O. The molecule has 2 rings (SSSR count). The van der Waals surface area contributed by atoms with Gasteiger partial charge in [0.25, 0.3) is 5.91 Å². The number of carbonyl (C=O) groups excluding carboxylic acids is 2. The summed E-state index contributed by atoms with van der Waals surface area (Å²) in [6.45, 7) is 0.386. The highest BCUT2D eigenvalue weighted by Gasteiger charge is 2.29. The lowest BCUT2D eigenvalue weighted by Crippen LogP contribution is -2.41. The van der Waals surface area contributed by atoms with Crippen LogP contribution >= 0.6 is 0 Å². The van der Waals surface area contributed by atoms with Crippen molar-refractivity contribution in [3.8, 4) is 5.75 Å². The quantitative estimate of drug-likeness (QED) is 0.655. The van der Waals surface area contributed by atoms with Crippen LogP contribution in [-0.4, -0.2) is 35.5 Å². The summed E-state index contributed by atoms with van der Waals surface area (Å²) in [4.78, 5) is 34.0. The minimum atomic E-state index is -0.853. The molecule has 1 heterocycles. The fourth-order valence-electron chi connectivity index (χ4n) is 2.10. The van der Waals surface area contributed by atoms with Crippen LogP contribution in [0.25, 0.3) is 0 Å². The number of benzene rings is 1. The summed E-state index contributed by atoms with van der Waals surface area (Å²) in [7, 11) is 0. The normalized spacial score (nSPS) is 16.2. The predicted molar refractivity (Wildman–Crippen MR) is 78.6 cm³/mol. The van der Waals surface area contributed by atoms with Gasteiger partial charge in [-0.25, -0.2) is 0 Å². The van der Waals surface area contributed by atoms with Crippen molar-refractivity contribution >= 4 is 23.5 Å². The van der Waals surface area contributed by atoms with E-state index in [1.54, 1.807) is 24.3 Å². The maximum atomic E-state index is 11.9. The molecule has 0 radical (unpaired) electrons. The van der Waals surface area contributed by atoms with Crippen molar-refractivity contribution in [2.75, 3.05) is 11.9 Å². The minimum absolute atomic E-state index is 0.0703. The molecule has 3 N–H and O–H groups in total. The van der Waals surface area contributed by atoms with E-state index in [4.69, 9.17) is 9.84 Å². The van der Waals surface area contributed by atoms with E-state index >= 15 is 0 Å². The maximum Gasteiger partial charge on any atom is 0.303 e. The number of fused-ring (bicyclic) bond motifs is 1. The Hall–Kier alpha value is -2.57. The van der Waals surface area contributed by atoms with E-state index < -0.39 is 12.1 Å². The molecule has 1 aromatic rings. The molecule has 1 unspecified atom stereocenters. The second-order valence-corrected chi connectivity index (χ2v) is 5.00.